The molecule has 4 nitrogen and oxygen atoms in total. The molecule has 14 heavy (non-hydrogen) atoms. The lowest BCUT2D eigenvalue weighted by atomic mass is 10.9. The lowest BCUT2D eigenvalue weighted by Crippen LogP contribution is -3.00. The van der Waals surface area contributed by atoms with Gasteiger partial charge < -0.3 is 14.2 Å². The number of hydrogen-bond donors (Lipinski definition) is 1. The van der Waals surface area contributed by atoms with Gasteiger partial charge in [-0.25, -0.2) is 0 Å². The summed E-state index contributed by atoms with van der Waals surface area (Å²) in [6.07, 6.45) is 1.98. The molecule has 84 valence electrons. The van der Waals surface area contributed by atoms with Crippen LogP contribution in [-0.2, 0) is 13.8 Å². The molecule has 1 atom stereocenters. The number of rotatable bonds is 7. The number of nitrogens with one attached hydrogen (secondary N) is 1. The molecular weight excluding hydrogens is 201 g/mol. The van der Waals surface area contributed by atoms with E-state index < -0.39 is 7.37 Å². The Balaban J connectivity index is 4.30. The van der Waals surface area contributed by atoms with E-state index in [0.717, 1.165) is 4.90 Å². The summed E-state index contributed by atoms with van der Waals surface area (Å²) in [5, 5.41) is 0. The number of hydrogen-bond acceptors (Lipinski definition) is 3. The normalized spacial score (nSPS) is 16.4. The van der Waals surface area contributed by atoms with E-state index in [-0.39, 0.29) is 6.35 Å². The third-order valence-electron chi connectivity index (χ3n) is 1.46. The molecule has 0 radical (unpaired) electrons. The van der Waals surface area contributed by atoms with Crippen LogP contribution in [0.2, 0.25) is 0 Å². The summed E-state index contributed by atoms with van der Waals surface area (Å²) in [5.74, 6) is 1.63. The van der Waals surface area contributed by atoms with Crippen molar-refractivity contribution in [1.29, 1.82) is 0 Å². The first kappa shape index (κ1) is 13.8. The van der Waals surface area contributed by atoms with E-state index >= 15 is 0 Å². The Hall–Kier alpha value is -0.150. The van der Waals surface area contributed by atoms with E-state index in [1.165, 1.54) is 0 Å². The Kier molecular flexibility index (Phi) is 7.11. The first-order chi connectivity index (χ1) is 6.54. The highest BCUT2D eigenvalue weighted by Crippen LogP contribution is 2.47. The summed E-state index contributed by atoms with van der Waals surface area (Å²) < 4.78 is 22.4. The van der Waals surface area contributed by atoms with Crippen molar-refractivity contribution in [2.75, 3.05) is 33.7 Å². The molecule has 0 rings (SSSR count). The summed E-state index contributed by atoms with van der Waals surface area (Å²) in [7, 11) is 1.19. The predicted octanol–water partition coefficient (Wildman–Crippen LogP) is 0.911. The minimum Gasteiger partial charge on any atom is -0.371 e. The van der Waals surface area contributed by atoms with E-state index in [1.54, 1.807) is 5.82 Å². The van der Waals surface area contributed by atoms with Gasteiger partial charge in [-0.05, 0) is 13.8 Å². The molecule has 1 N–H and O–H groups in total. The summed E-state index contributed by atoms with van der Waals surface area (Å²) in [4.78, 5) is 1.10. The Labute approximate surface area is 86.3 Å². The number of quaternary nitrogens is 1. The van der Waals surface area contributed by atoms with Crippen molar-refractivity contribution in [2.24, 2.45) is 0 Å². The van der Waals surface area contributed by atoms with Crippen LogP contribution in [0.25, 0.3) is 0 Å². The molecule has 0 bridgehead atoms. The molecule has 0 aliphatic carbocycles. The summed E-state index contributed by atoms with van der Waals surface area (Å²) >= 11 is 0. The van der Waals surface area contributed by atoms with Gasteiger partial charge in [-0.3, -0.25) is 4.57 Å². The van der Waals surface area contributed by atoms with Crippen molar-refractivity contribution < 1.29 is 18.7 Å². The van der Waals surface area contributed by atoms with E-state index in [4.69, 9.17) is 9.26 Å². The largest absolute Gasteiger partial charge is 0.371 e. The van der Waals surface area contributed by atoms with Crippen LogP contribution in [-0.4, -0.2) is 33.7 Å². The Morgan fingerprint density at radius 1 is 1.29 bits per heavy atom. The van der Waals surface area contributed by atoms with Crippen LogP contribution in [0.1, 0.15) is 13.8 Å². The smallest absolute Gasteiger partial charge is 0.255 e. The molecule has 0 aromatic carbocycles. The molecule has 0 amide bonds. The Bertz CT molecular complexity index is 216. The van der Waals surface area contributed by atoms with Crippen LogP contribution < -0.4 is 4.90 Å². The zero-order valence-electron chi connectivity index (χ0n) is 9.45. The van der Waals surface area contributed by atoms with Crippen molar-refractivity contribution in [1.82, 2.24) is 0 Å². The molecule has 0 aliphatic rings. The second-order valence-electron chi connectivity index (χ2n) is 3.16. The fourth-order valence-electron chi connectivity index (χ4n) is 0.823. The Morgan fingerprint density at radius 2 is 1.93 bits per heavy atom. The quantitative estimate of drug-likeness (QED) is 0.651. The molecule has 0 unspecified atom stereocenters. The predicted molar refractivity (Wildman–Crippen MR) is 57.7 cm³/mol. The van der Waals surface area contributed by atoms with Gasteiger partial charge >= 0.3 is 0 Å². The fraction of sp³-hybridized carbons (Fsp3) is 0.778. The highest BCUT2D eigenvalue weighted by atomic mass is 31.2. The molecule has 0 fully saturated rings. The highest BCUT2D eigenvalue weighted by molar-refractivity contribution is 7.62. The fourth-order valence-corrected chi connectivity index (χ4v) is 2.47. The molecule has 0 saturated heterocycles. The van der Waals surface area contributed by atoms with Gasteiger partial charge in [0.15, 0.2) is 0 Å². The SMILES string of the molecule is CCOC[P@@](=O)(/C=C/[NH+](C)C)OCC. The second kappa shape index (κ2) is 7.18. The van der Waals surface area contributed by atoms with E-state index in [2.05, 4.69) is 0 Å². The zero-order chi connectivity index (χ0) is 11.0. The van der Waals surface area contributed by atoms with E-state index in [0.29, 0.717) is 13.2 Å². The van der Waals surface area contributed by atoms with Crippen molar-refractivity contribution in [3.05, 3.63) is 12.0 Å². The van der Waals surface area contributed by atoms with Crippen LogP contribution in [0.15, 0.2) is 12.0 Å². The molecule has 0 aromatic heterocycles. The first-order valence-electron chi connectivity index (χ1n) is 4.84. The minimum atomic E-state index is -2.71. The standard InChI is InChI=1S/C9H20NO3P/c1-5-12-9-14(11,13-6-2)8-7-10(3)4/h7-8H,5-6,9H2,1-4H3/p+1/b8-7+/t14-/m1/s1. The Morgan fingerprint density at radius 3 is 2.36 bits per heavy atom. The lowest BCUT2D eigenvalue weighted by molar-refractivity contribution is -0.801. The number of ether oxygens (including phenoxy) is 1. The maximum absolute atomic E-state index is 12.0. The van der Waals surface area contributed by atoms with Gasteiger partial charge in [0.25, 0.3) is 7.37 Å². The highest BCUT2D eigenvalue weighted by Gasteiger charge is 2.19. The van der Waals surface area contributed by atoms with Crippen LogP contribution in [0.4, 0.5) is 0 Å². The van der Waals surface area contributed by atoms with E-state index in [1.807, 2.05) is 34.1 Å². The third-order valence-corrected chi connectivity index (χ3v) is 3.30. The maximum atomic E-state index is 12.0. The van der Waals surface area contributed by atoms with Crippen LogP contribution in [0.3, 0.4) is 0 Å². The molecule has 0 saturated carbocycles. The van der Waals surface area contributed by atoms with Crippen LogP contribution in [0.5, 0.6) is 0 Å². The van der Waals surface area contributed by atoms with E-state index in [9.17, 15) is 4.57 Å². The maximum Gasteiger partial charge on any atom is 0.255 e. The van der Waals surface area contributed by atoms with Gasteiger partial charge in [-0.15, -0.1) is 0 Å². The van der Waals surface area contributed by atoms with Gasteiger partial charge in [-0.2, -0.15) is 0 Å². The molecule has 0 spiro atoms. The second-order valence-corrected chi connectivity index (χ2v) is 5.43. The average molecular weight is 222 g/mol. The summed E-state index contributed by atoms with van der Waals surface area (Å²) in [6.45, 7) is 4.70. The zero-order valence-corrected chi connectivity index (χ0v) is 10.3. The van der Waals surface area contributed by atoms with Gasteiger partial charge in [0.1, 0.15) is 6.35 Å². The monoisotopic (exact) mass is 222 g/mol. The summed E-state index contributed by atoms with van der Waals surface area (Å²) in [6, 6.07) is 0. The molecular formula is C9H21NO3P+. The van der Waals surface area contributed by atoms with Crippen molar-refractivity contribution in [3.8, 4) is 0 Å². The first-order valence-corrected chi connectivity index (χ1v) is 6.72. The van der Waals surface area contributed by atoms with Gasteiger partial charge in [0.2, 0.25) is 0 Å². The van der Waals surface area contributed by atoms with Crippen LogP contribution in [0, 0.1) is 0 Å². The van der Waals surface area contributed by atoms with Crippen molar-refractivity contribution >= 4 is 7.37 Å². The molecule has 0 aromatic rings. The van der Waals surface area contributed by atoms with Gasteiger partial charge in [0.05, 0.1) is 32.7 Å². The lowest BCUT2D eigenvalue weighted by Gasteiger charge is -2.13. The van der Waals surface area contributed by atoms with Crippen LogP contribution >= 0.6 is 7.37 Å². The summed E-state index contributed by atoms with van der Waals surface area (Å²) in [5.41, 5.74) is 0. The topological polar surface area (TPSA) is 40.0 Å². The molecule has 0 heterocycles. The van der Waals surface area contributed by atoms with Crippen molar-refractivity contribution in [3.63, 3.8) is 0 Å². The molecule has 0 aliphatic heterocycles. The van der Waals surface area contributed by atoms with Gasteiger partial charge in [-0.1, -0.05) is 0 Å². The minimum absolute atomic E-state index is 0.168. The van der Waals surface area contributed by atoms with Crippen molar-refractivity contribution in [2.45, 2.75) is 13.8 Å². The molecule has 5 heteroatoms. The average Bonchev–Trinajstić information content (AvgIpc) is 2.13. The third kappa shape index (κ3) is 6.33. The van der Waals surface area contributed by atoms with Gasteiger partial charge in [0, 0.05) is 6.61 Å².